The molecule has 1 saturated heterocycles. The lowest BCUT2D eigenvalue weighted by Gasteiger charge is -2.33. The van der Waals surface area contributed by atoms with Crippen molar-refractivity contribution in [3.8, 4) is 5.75 Å². The average molecular weight is 375 g/mol. The van der Waals surface area contributed by atoms with Crippen molar-refractivity contribution in [1.82, 2.24) is 10.3 Å². The van der Waals surface area contributed by atoms with Gasteiger partial charge in [0.05, 0.1) is 11.9 Å². The number of ether oxygens (including phenoxy) is 1. The number of rotatable bonds is 6. The maximum absolute atomic E-state index is 12.2. The molecular formula is C23H25N3O2. The van der Waals surface area contributed by atoms with Gasteiger partial charge in [-0.25, -0.2) is 0 Å². The summed E-state index contributed by atoms with van der Waals surface area (Å²) in [5.74, 6) is 1.17. The van der Waals surface area contributed by atoms with Crippen LogP contribution in [0.5, 0.6) is 5.75 Å². The molecule has 0 atom stereocenters. The van der Waals surface area contributed by atoms with Gasteiger partial charge < -0.3 is 15.0 Å². The van der Waals surface area contributed by atoms with Crippen LogP contribution in [0, 0.1) is 5.92 Å². The summed E-state index contributed by atoms with van der Waals surface area (Å²) in [5, 5.41) is 5.30. The van der Waals surface area contributed by atoms with Crippen molar-refractivity contribution in [1.29, 1.82) is 0 Å². The highest BCUT2D eigenvalue weighted by Gasteiger charge is 2.20. The molecule has 144 valence electrons. The first-order valence-electron chi connectivity index (χ1n) is 9.81. The van der Waals surface area contributed by atoms with Crippen molar-refractivity contribution < 1.29 is 9.53 Å². The van der Waals surface area contributed by atoms with Gasteiger partial charge in [-0.3, -0.25) is 9.78 Å². The van der Waals surface area contributed by atoms with Gasteiger partial charge in [-0.2, -0.15) is 0 Å². The van der Waals surface area contributed by atoms with E-state index in [1.165, 1.54) is 5.69 Å². The normalized spacial score (nSPS) is 14.8. The number of nitrogens with one attached hydrogen (secondary N) is 1. The summed E-state index contributed by atoms with van der Waals surface area (Å²) in [5.41, 5.74) is 1.17. The van der Waals surface area contributed by atoms with Crippen molar-refractivity contribution in [2.45, 2.75) is 12.8 Å². The van der Waals surface area contributed by atoms with Gasteiger partial charge in [0, 0.05) is 25.8 Å². The fourth-order valence-electron chi connectivity index (χ4n) is 3.65. The molecule has 2 aromatic carbocycles. The molecule has 0 radical (unpaired) electrons. The Labute approximate surface area is 165 Å². The van der Waals surface area contributed by atoms with Gasteiger partial charge in [-0.1, -0.05) is 30.3 Å². The molecule has 1 fully saturated rings. The second-order valence-corrected chi connectivity index (χ2v) is 7.24. The third kappa shape index (κ3) is 4.60. The van der Waals surface area contributed by atoms with Crippen LogP contribution in [-0.2, 0) is 4.79 Å². The van der Waals surface area contributed by atoms with Crippen molar-refractivity contribution in [3.05, 3.63) is 67.0 Å². The Morgan fingerprint density at radius 1 is 1.07 bits per heavy atom. The second-order valence-electron chi connectivity index (χ2n) is 7.24. The number of anilines is 1. The Morgan fingerprint density at radius 3 is 2.68 bits per heavy atom. The van der Waals surface area contributed by atoms with Crippen molar-refractivity contribution in [2.24, 2.45) is 5.92 Å². The first-order chi connectivity index (χ1) is 13.8. The summed E-state index contributed by atoms with van der Waals surface area (Å²) < 4.78 is 5.66. The van der Waals surface area contributed by atoms with Crippen molar-refractivity contribution >= 4 is 22.4 Å². The minimum absolute atomic E-state index is 0.0485. The zero-order valence-corrected chi connectivity index (χ0v) is 15.9. The lowest BCUT2D eigenvalue weighted by molar-refractivity contribution is -0.123. The quantitative estimate of drug-likeness (QED) is 0.715. The summed E-state index contributed by atoms with van der Waals surface area (Å²) in [7, 11) is 0. The van der Waals surface area contributed by atoms with E-state index in [9.17, 15) is 4.79 Å². The van der Waals surface area contributed by atoms with E-state index in [1.807, 2.05) is 48.7 Å². The summed E-state index contributed by atoms with van der Waals surface area (Å²) in [6.45, 7) is 2.76. The predicted molar refractivity (Wildman–Crippen MR) is 112 cm³/mol. The maximum atomic E-state index is 12.2. The van der Waals surface area contributed by atoms with Crippen LogP contribution >= 0.6 is 0 Å². The summed E-state index contributed by atoms with van der Waals surface area (Å²) in [6, 6.07) is 18.1. The topological polar surface area (TPSA) is 54.5 Å². The number of carbonyl (C=O) groups is 1. The van der Waals surface area contributed by atoms with Gasteiger partial charge in [0.2, 0.25) is 0 Å². The number of amides is 1. The number of carbonyl (C=O) groups excluding carboxylic acids is 1. The highest BCUT2D eigenvalue weighted by molar-refractivity contribution is 5.84. The van der Waals surface area contributed by atoms with Gasteiger partial charge in [0.25, 0.3) is 5.91 Å². The van der Waals surface area contributed by atoms with Crippen LogP contribution in [0.25, 0.3) is 10.8 Å². The Hall–Kier alpha value is -3.08. The molecule has 5 nitrogen and oxygen atoms in total. The van der Waals surface area contributed by atoms with E-state index in [0.29, 0.717) is 12.5 Å². The molecule has 1 N–H and O–H groups in total. The van der Waals surface area contributed by atoms with Crippen molar-refractivity contribution in [3.63, 3.8) is 0 Å². The smallest absolute Gasteiger partial charge is 0.257 e. The van der Waals surface area contributed by atoms with Crippen LogP contribution in [0.15, 0.2) is 67.0 Å². The number of aromatic nitrogens is 1. The standard InChI is InChI=1S/C23H25N3O2/c27-23(17-28-22-8-7-19-4-1-2-5-20(19)14-22)25-15-18-9-12-26(13-10-18)21-6-3-11-24-16-21/h1-8,11,14,16,18H,9-10,12-13,15,17H2,(H,25,27). The largest absolute Gasteiger partial charge is 0.484 e. The molecular weight excluding hydrogens is 350 g/mol. The molecule has 28 heavy (non-hydrogen) atoms. The summed E-state index contributed by atoms with van der Waals surface area (Å²) in [4.78, 5) is 18.7. The van der Waals surface area contributed by atoms with E-state index in [0.717, 1.165) is 42.5 Å². The Kier molecular flexibility index (Phi) is 5.71. The average Bonchev–Trinajstić information content (AvgIpc) is 2.77. The highest BCUT2D eigenvalue weighted by Crippen LogP contribution is 2.22. The number of pyridine rings is 1. The SMILES string of the molecule is O=C(COc1ccc2ccccc2c1)NCC1CCN(c2cccnc2)CC1. The van der Waals surface area contributed by atoms with Gasteiger partial charge in [0.1, 0.15) is 5.75 Å². The number of hydrogen-bond donors (Lipinski definition) is 1. The maximum Gasteiger partial charge on any atom is 0.257 e. The number of benzene rings is 2. The molecule has 3 aromatic rings. The lowest BCUT2D eigenvalue weighted by atomic mass is 9.96. The Bertz CT molecular complexity index is 921. The van der Waals surface area contributed by atoms with Crippen LogP contribution in [0.4, 0.5) is 5.69 Å². The van der Waals surface area contributed by atoms with Crippen LogP contribution in [0.1, 0.15) is 12.8 Å². The Morgan fingerprint density at radius 2 is 1.89 bits per heavy atom. The molecule has 5 heteroatoms. The zero-order valence-electron chi connectivity index (χ0n) is 15.9. The fourth-order valence-corrected chi connectivity index (χ4v) is 3.65. The highest BCUT2D eigenvalue weighted by atomic mass is 16.5. The molecule has 1 aliphatic rings. The van der Waals surface area contributed by atoms with Crippen LogP contribution in [-0.4, -0.2) is 37.1 Å². The minimum atomic E-state index is -0.0668. The second kappa shape index (κ2) is 8.74. The van der Waals surface area contributed by atoms with E-state index in [1.54, 1.807) is 6.20 Å². The predicted octanol–water partition coefficient (Wildman–Crippen LogP) is 3.65. The molecule has 0 unspecified atom stereocenters. The van der Waals surface area contributed by atoms with Gasteiger partial charge >= 0.3 is 0 Å². The molecule has 4 rings (SSSR count). The third-order valence-corrected chi connectivity index (χ3v) is 5.30. The molecule has 1 amide bonds. The summed E-state index contributed by atoms with van der Waals surface area (Å²) >= 11 is 0. The fraction of sp³-hybridized carbons (Fsp3) is 0.304. The van der Waals surface area contributed by atoms with Gasteiger partial charge in [0.15, 0.2) is 6.61 Å². The lowest BCUT2D eigenvalue weighted by Crippen LogP contribution is -2.39. The number of piperidine rings is 1. The van der Waals surface area contributed by atoms with E-state index in [4.69, 9.17) is 4.74 Å². The van der Waals surface area contributed by atoms with Gasteiger partial charge in [-0.15, -0.1) is 0 Å². The van der Waals surface area contributed by atoms with E-state index >= 15 is 0 Å². The first kappa shape index (κ1) is 18.3. The molecule has 1 aromatic heterocycles. The molecule has 0 spiro atoms. The molecule has 0 bridgehead atoms. The van der Waals surface area contributed by atoms with Gasteiger partial charge in [-0.05, 0) is 53.8 Å². The Balaban J connectivity index is 1.19. The third-order valence-electron chi connectivity index (χ3n) is 5.30. The van der Waals surface area contributed by atoms with Crippen molar-refractivity contribution in [2.75, 3.05) is 31.1 Å². The van der Waals surface area contributed by atoms with Crippen LogP contribution in [0.3, 0.4) is 0 Å². The number of fused-ring (bicyclic) bond motifs is 1. The summed E-state index contributed by atoms with van der Waals surface area (Å²) in [6.07, 6.45) is 5.85. The first-order valence-corrected chi connectivity index (χ1v) is 9.81. The molecule has 1 aliphatic heterocycles. The van der Waals surface area contributed by atoms with Crippen LogP contribution < -0.4 is 15.0 Å². The van der Waals surface area contributed by atoms with E-state index in [2.05, 4.69) is 27.3 Å². The zero-order chi connectivity index (χ0) is 19.2. The minimum Gasteiger partial charge on any atom is -0.484 e. The number of hydrogen-bond acceptors (Lipinski definition) is 4. The molecule has 0 aliphatic carbocycles. The molecule has 0 saturated carbocycles. The molecule has 2 heterocycles. The monoisotopic (exact) mass is 375 g/mol. The van der Waals surface area contributed by atoms with E-state index in [-0.39, 0.29) is 12.5 Å². The van der Waals surface area contributed by atoms with Crippen LogP contribution in [0.2, 0.25) is 0 Å². The number of nitrogens with zero attached hydrogens (tertiary/aromatic N) is 2. The van der Waals surface area contributed by atoms with E-state index < -0.39 is 0 Å².